The van der Waals surface area contributed by atoms with E-state index in [1.165, 1.54) is 0 Å². The number of rotatable bonds is 1. The third-order valence-corrected chi connectivity index (χ3v) is 3.22. The van der Waals surface area contributed by atoms with Crippen LogP contribution in [0.15, 0.2) is 18.2 Å². The van der Waals surface area contributed by atoms with Gasteiger partial charge in [-0.25, -0.2) is 0 Å². The van der Waals surface area contributed by atoms with Gasteiger partial charge in [-0.1, -0.05) is 45.4 Å². The first-order chi connectivity index (χ1) is 6.86. The number of nitrogens with zero attached hydrogens (tertiary/aromatic N) is 1. The van der Waals surface area contributed by atoms with Crippen molar-refractivity contribution in [3.8, 4) is 6.07 Å². The summed E-state index contributed by atoms with van der Waals surface area (Å²) in [7, 11) is 0. The molecule has 1 atom stereocenters. The van der Waals surface area contributed by atoms with E-state index in [1.54, 1.807) is 6.07 Å². The Labute approximate surface area is 96.7 Å². The van der Waals surface area contributed by atoms with Gasteiger partial charge >= 0.3 is 0 Å². The van der Waals surface area contributed by atoms with E-state index >= 15 is 0 Å². The van der Waals surface area contributed by atoms with Crippen LogP contribution in [0.1, 0.15) is 44.7 Å². The number of nitriles is 1. The molecule has 0 saturated carbocycles. The summed E-state index contributed by atoms with van der Waals surface area (Å²) < 4.78 is 0. The fourth-order valence-corrected chi connectivity index (χ4v) is 1.76. The molecular formula is C13H16ClN. The molecule has 0 aromatic heterocycles. The highest BCUT2D eigenvalue weighted by Crippen LogP contribution is 2.37. The lowest BCUT2D eigenvalue weighted by atomic mass is 9.78. The molecule has 0 saturated heterocycles. The molecule has 0 aliphatic heterocycles. The van der Waals surface area contributed by atoms with E-state index in [4.69, 9.17) is 16.9 Å². The fraction of sp³-hybridized carbons (Fsp3) is 0.462. The van der Waals surface area contributed by atoms with Gasteiger partial charge in [0.2, 0.25) is 0 Å². The molecule has 0 aliphatic carbocycles. The Morgan fingerprint density at radius 3 is 2.33 bits per heavy atom. The summed E-state index contributed by atoms with van der Waals surface area (Å²) in [6, 6.07) is 7.60. The standard InChI is InChI=1S/C13H16ClN/c1-9(13(2,3)4)11-6-5-10(8-15)7-12(11)14/h5-7,9H,1-4H3/t9-/m0/s1. The molecule has 1 aromatic carbocycles. The maximum atomic E-state index is 8.74. The second-order valence-electron chi connectivity index (χ2n) is 4.94. The predicted molar refractivity (Wildman–Crippen MR) is 64.0 cm³/mol. The van der Waals surface area contributed by atoms with Crippen molar-refractivity contribution < 1.29 is 0 Å². The van der Waals surface area contributed by atoms with E-state index in [0.29, 0.717) is 16.5 Å². The van der Waals surface area contributed by atoms with Gasteiger partial charge in [0.15, 0.2) is 0 Å². The minimum Gasteiger partial charge on any atom is -0.192 e. The molecule has 1 aromatic rings. The molecule has 0 spiro atoms. The molecular weight excluding hydrogens is 206 g/mol. The first-order valence-corrected chi connectivity index (χ1v) is 5.43. The van der Waals surface area contributed by atoms with E-state index in [0.717, 1.165) is 5.56 Å². The van der Waals surface area contributed by atoms with Crippen molar-refractivity contribution in [3.05, 3.63) is 34.3 Å². The topological polar surface area (TPSA) is 23.8 Å². The highest BCUT2D eigenvalue weighted by atomic mass is 35.5. The maximum absolute atomic E-state index is 8.74. The number of benzene rings is 1. The van der Waals surface area contributed by atoms with Gasteiger partial charge in [-0.15, -0.1) is 0 Å². The molecule has 0 amide bonds. The third-order valence-electron chi connectivity index (χ3n) is 2.90. The van der Waals surface area contributed by atoms with Gasteiger partial charge < -0.3 is 0 Å². The normalized spacial score (nSPS) is 13.3. The van der Waals surface area contributed by atoms with Crippen LogP contribution in [0.2, 0.25) is 5.02 Å². The molecule has 0 bridgehead atoms. The van der Waals surface area contributed by atoms with Crippen LogP contribution < -0.4 is 0 Å². The highest BCUT2D eigenvalue weighted by molar-refractivity contribution is 6.31. The Balaban J connectivity index is 3.13. The Morgan fingerprint density at radius 2 is 1.93 bits per heavy atom. The Kier molecular flexibility index (Phi) is 3.42. The zero-order chi connectivity index (χ0) is 11.6. The average molecular weight is 222 g/mol. The summed E-state index contributed by atoms with van der Waals surface area (Å²) in [5, 5.41) is 9.43. The monoisotopic (exact) mass is 221 g/mol. The first kappa shape index (κ1) is 12.1. The average Bonchev–Trinajstić information content (AvgIpc) is 2.15. The molecule has 0 N–H and O–H groups in total. The van der Waals surface area contributed by atoms with E-state index < -0.39 is 0 Å². The minimum atomic E-state index is 0.178. The van der Waals surface area contributed by atoms with Crippen molar-refractivity contribution in [3.63, 3.8) is 0 Å². The molecule has 0 aliphatic rings. The number of hydrogen-bond donors (Lipinski definition) is 0. The van der Waals surface area contributed by atoms with E-state index in [9.17, 15) is 0 Å². The summed E-state index contributed by atoms with van der Waals surface area (Å²) >= 11 is 6.16. The summed E-state index contributed by atoms with van der Waals surface area (Å²) in [4.78, 5) is 0. The van der Waals surface area contributed by atoms with Crippen molar-refractivity contribution in [1.82, 2.24) is 0 Å². The van der Waals surface area contributed by atoms with Gasteiger partial charge in [-0.05, 0) is 29.0 Å². The molecule has 1 rings (SSSR count). The largest absolute Gasteiger partial charge is 0.192 e. The van der Waals surface area contributed by atoms with Crippen molar-refractivity contribution >= 4 is 11.6 Å². The SMILES string of the molecule is C[C@@H](c1ccc(C#N)cc1Cl)C(C)(C)C. The van der Waals surface area contributed by atoms with Gasteiger partial charge in [0.25, 0.3) is 0 Å². The molecule has 80 valence electrons. The second kappa shape index (κ2) is 4.24. The fourth-order valence-electron chi connectivity index (χ4n) is 1.41. The lowest BCUT2D eigenvalue weighted by Crippen LogP contribution is -2.15. The van der Waals surface area contributed by atoms with Gasteiger partial charge in [-0.3, -0.25) is 0 Å². The van der Waals surface area contributed by atoms with Crippen LogP contribution in [0.3, 0.4) is 0 Å². The summed E-state index contributed by atoms with van der Waals surface area (Å²) in [6.07, 6.45) is 0. The summed E-state index contributed by atoms with van der Waals surface area (Å²) in [5.74, 6) is 0.373. The lowest BCUT2D eigenvalue weighted by Gasteiger charge is -2.28. The van der Waals surface area contributed by atoms with Gasteiger partial charge in [-0.2, -0.15) is 5.26 Å². The predicted octanol–water partition coefficient (Wildman–Crippen LogP) is 4.36. The van der Waals surface area contributed by atoms with E-state index in [1.807, 2.05) is 12.1 Å². The van der Waals surface area contributed by atoms with Crippen LogP contribution in [-0.4, -0.2) is 0 Å². The molecule has 0 radical (unpaired) electrons. The van der Waals surface area contributed by atoms with Crippen molar-refractivity contribution in [2.45, 2.75) is 33.6 Å². The smallest absolute Gasteiger partial charge is 0.0992 e. The minimum absolute atomic E-state index is 0.178. The van der Waals surface area contributed by atoms with E-state index in [-0.39, 0.29) is 5.41 Å². The molecule has 15 heavy (non-hydrogen) atoms. The Hall–Kier alpha value is -1.00. The first-order valence-electron chi connectivity index (χ1n) is 5.06. The second-order valence-corrected chi connectivity index (χ2v) is 5.34. The van der Waals surface area contributed by atoms with E-state index in [2.05, 4.69) is 33.8 Å². The van der Waals surface area contributed by atoms with Crippen molar-refractivity contribution in [2.75, 3.05) is 0 Å². The summed E-state index contributed by atoms with van der Waals surface area (Å²) in [6.45, 7) is 8.72. The van der Waals surface area contributed by atoms with Crippen LogP contribution in [-0.2, 0) is 0 Å². The van der Waals surface area contributed by atoms with Crippen molar-refractivity contribution in [1.29, 1.82) is 5.26 Å². The zero-order valence-corrected chi connectivity index (χ0v) is 10.4. The molecule has 0 fully saturated rings. The van der Waals surface area contributed by atoms with Crippen LogP contribution in [0.5, 0.6) is 0 Å². The van der Waals surface area contributed by atoms with Crippen LogP contribution >= 0.6 is 11.6 Å². The van der Waals surface area contributed by atoms with Gasteiger partial charge in [0.05, 0.1) is 11.6 Å². The Bertz CT molecular complexity index is 396. The Morgan fingerprint density at radius 1 is 1.33 bits per heavy atom. The van der Waals surface area contributed by atoms with Crippen LogP contribution in [0.25, 0.3) is 0 Å². The van der Waals surface area contributed by atoms with Gasteiger partial charge in [0, 0.05) is 5.02 Å². The van der Waals surface area contributed by atoms with Gasteiger partial charge in [0.1, 0.15) is 0 Å². The zero-order valence-electron chi connectivity index (χ0n) is 9.63. The third kappa shape index (κ3) is 2.73. The number of hydrogen-bond acceptors (Lipinski definition) is 1. The van der Waals surface area contributed by atoms with Crippen LogP contribution in [0, 0.1) is 16.7 Å². The number of halogens is 1. The molecule has 2 heteroatoms. The summed E-state index contributed by atoms with van der Waals surface area (Å²) in [5.41, 5.74) is 1.91. The quantitative estimate of drug-likeness (QED) is 0.691. The van der Waals surface area contributed by atoms with Crippen molar-refractivity contribution in [2.24, 2.45) is 5.41 Å². The molecule has 0 heterocycles. The van der Waals surface area contributed by atoms with Crippen LogP contribution in [0.4, 0.5) is 0 Å². The highest BCUT2D eigenvalue weighted by Gasteiger charge is 2.23. The molecule has 1 nitrogen and oxygen atoms in total. The lowest BCUT2D eigenvalue weighted by molar-refractivity contribution is 0.339. The maximum Gasteiger partial charge on any atom is 0.0992 e. The molecule has 0 unspecified atom stereocenters.